The first-order chi connectivity index (χ1) is 14.6. The molecule has 1 heterocycles. The summed E-state index contributed by atoms with van der Waals surface area (Å²) in [4.78, 5) is 13.8. The number of rotatable bonds is 6. The fourth-order valence-electron chi connectivity index (χ4n) is 3.31. The van der Waals surface area contributed by atoms with Gasteiger partial charge < -0.3 is 4.74 Å². The van der Waals surface area contributed by atoms with E-state index in [-0.39, 0.29) is 30.2 Å². The van der Waals surface area contributed by atoms with Crippen molar-refractivity contribution in [3.63, 3.8) is 0 Å². The number of carbonyl (C=O) groups excluding carboxylic acids is 1. The van der Waals surface area contributed by atoms with Crippen molar-refractivity contribution >= 4 is 16.0 Å². The summed E-state index contributed by atoms with van der Waals surface area (Å²) < 4.78 is 70.0. The fourth-order valence-corrected chi connectivity index (χ4v) is 4.73. The predicted octanol–water partition coefficient (Wildman–Crippen LogP) is 3.39. The SMILES string of the molecule is CCOC(=O)c1ccc(S(=O)(=O)N2CCN(Cc3ccc(C(F)(F)F)cc3)CC2)cc1. The Bertz CT molecular complexity index is 998. The number of ether oxygens (including phenoxy) is 1. The van der Waals surface area contributed by atoms with Crippen molar-refractivity contribution in [1.82, 2.24) is 9.21 Å². The standard InChI is InChI=1S/C21H23F3N2O4S/c1-2-30-20(27)17-5-9-19(10-6-17)31(28,29)26-13-11-25(12-14-26)15-16-3-7-18(8-4-16)21(22,23)24/h3-10H,2,11-15H2,1H3. The Morgan fingerprint density at radius 1 is 0.968 bits per heavy atom. The van der Waals surface area contributed by atoms with Crippen LogP contribution in [0.15, 0.2) is 53.4 Å². The van der Waals surface area contributed by atoms with E-state index in [2.05, 4.69) is 0 Å². The van der Waals surface area contributed by atoms with Crippen LogP contribution >= 0.6 is 0 Å². The topological polar surface area (TPSA) is 66.9 Å². The lowest BCUT2D eigenvalue weighted by molar-refractivity contribution is -0.137. The maximum absolute atomic E-state index is 12.9. The van der Waals surface area contributed by atoms with E-state index in [4.69, 9.17) is 4.74 Å². The van der Waals surface area contributed by atoms with Gasteiger partial charge in [-0.2, -0.15) is 17.5 Å². The summed E-state index contributed by atoms with van der Waals surface area (Å²) in [6.45, 7) is 3.82. The van der Waals surface area contributed by atoms with E-state index in [9.17, 15) is 26.4 Å². The monoisotopic (exact) mass is 456 g/mol. The molecule has 168 valence electrons. The second-order valence-corrected chi connectivity index (χ2v) is 9.06. The first kappa shape index (κ1) is 23.2. The molecule has 0 bridgehead atoms. The average molecular weight is 456 g/mol. The highest BCUT2D eigenvalue weighted by atomic mass is 32.2. The Labute approximate surface area is 179 Å². The average Bonchev–Trinajstić information content (AvgIpc) is 2.74. The third-order valence-corrected chi connectivity index (χ3v) is 6.93. The molecule has 31 heavy (non-hydrogen) atoms. The maximum Gasteiger partial charge on any atom is 0.416 e. The van der Waals surface area contributed by atoms with E-state index in [0.717, 1.165) is 17.7 Å². The Hall–Kier alpha value is -2.43. The molecule has 0 atom stereocenters. The first-order valence-electron chi connectivity index (χ1n) is 9.77. The van der Waals surface area contributed by atoms with Crippen molar-refractivity contribution in [3.05, 3.63) is 65.2 Å². The van der Waals surface area contributed by atoms with Crippen LogP contribution in [-0.4, -0.2) is 56.4 Å². The highest BCUT2D eigenvalue weighted by molar-refractivity contribution is 7.89. The molecule has 0 N–H and O–H groups in total. The minimum absolute atomic E-state index is 0.0942. The molecule has 0 spiro atoms. The number of piperazine rings is 1. The molecule has 2 aromatic carbocycles. The van der Waals surface area contributed by atoms with E-state index in [1.807, 2.05) is 4.90 Å². The number of esters is 1. The predicted molar refractivity (Wildman–Crippen MR) is 108 cm³/mol. The van der Waals surface area contributed by atoms with Crippen molar-refractivity contribution in [2.45, 2.75) is 24.5 Å². The van der Waals surface area contributed by atoms with Gasteiger partial charge in [-0.15, -0.1) is 0 Å². The third kappa shape index (κ3) is 5.63. The molecule has 1 aliphatic rings. The number of nitrogens with zero attached hydrogens (tertiary/aromatic N) is 2. The maximum atomic E-state index is 12.9. The molecule has 1 aliphatic heterocycles. The van der Waals surface area contributed by atoms with Crippen LogP contribution in [0.3, 0.4) is 0 Å². The zero-order chi connectivity index (χ0) is 22.6. The lowest BCUT2D eigenvalue weighted by atomic mass is 10.1. The van der Waals surface area contributed by atoms with Crippen LogP contribution in [0.5, 0.6) is 0 Å². The number of hydrogen-bond acceptors (Lipinski definition) is 5. The Balaban J connectivity index is 1.59. The molecule has 0 aromatic heterocycles. The van der Waals surface area contributed by atoms with Gasteiger partial charge in [-0.25, -0.2) is 13.2 Å². The van der Waals surface area contributed by atoms with Gasteiger partial charge in [-0.1, -0.05) is 12.1 Å². The zero-order valence-electron chi connectivity index (χ0n) is 16.9. The van der Waals surface area contributed by atoms with Crippen LogP contribution in [0.1, 0.15) is 28.4 Å². The number of carbonyl (C=O) groups is 1. The lowest BCUT2D eigenvalue weighted by Crippen LogP contribution is -2.48. The van der Waals surface area contributed by atoms with Crippen molar-refractivity contribution in [3.8, 4) is 0 Å². The fraction of sp³-hybridized carbons (Fsp3) is 0.381. The highest BCUT2D eigenvalue weighted by Crippen LogP contribution is 2.29. The number of halogens is 3. The molecule has 6 nitrogen and oxygen atoms in total. The van der Waals surface area contributed by atoms with Gasteiger partial charge in [-0.3, -0.25) is 4.90 Å². The molecule has 0 amide bonds. The van der Waals surface area contributed by atoms with E-state index in [0.29, 0.717) is 19.6 Å². The normalized spacial score (nSPS) is 16.3. The van der Waals surface area contributed by atoms with Crippen LogP contribution in [0.25, 0.3) is 0 Å². The quantitative estimate of drug-likeness (QED) is 0.624. The molecule has 1 saturated heterocycles. The van der Waals surface area contributed by atoms with Crippen molar-refractivity contribution in [2.75, 3.05) is 32.8 Å². The molecule has 3 rings (SSSR count). The van der Waals surface area contributed by atoms with Crippen molar-refractivity contribution in [2.24, 2.45) is 0 Å². The summed E-state index contributed by atoms with van der Waals surface area (Å²) in [7, 11) is -3.71. The molecular formula is C21H23F3N2O4S. The summed E-state index contributed by atoms with van der Waals surface area (Å²) in [5.41, 5.74) is 0.321. The molecule has 0 radical (unpaired) electrons. The molecular weight excluding hydrogens is 433 g/mol. The number of benzene rings is 2. The van der Waals surface area contributed by atoms with Crippen LogP contribution in [0.4, 0.5) is 13.2 Å². The third-order valence-electron chi connectivity index (χ3n) is 5.02. The van der Waals surface area contributed by atoms with Crippen LogP contribution in [0.2, 0.25) is 0 Å². The van der Waals surface area contributed by atoms with Gasteiger partial charge in [0.2, 0.25) is 10.0 Å². The molecule has 10 heteroatoms. The van der Waals surface area contributed by atoms with Crippen molar-refractivity contribution in [1.29, 1.82) is 0 Å². The smallest absolute Gasteiger partial charge is 0.416 e. The van der Waals surface area contributed by atoms with Gasteiger partial charge in [0.25, 0.3) is 0 Å². The lowest BCUT2D eigenvalue weighted by Gasteiger charge is -2.34. The summed E-state index contributed by atoms with van der Waals surface area (Å²) in [6.07, 6.45) is -4.37. The summed E-state index contributed by atoms with van der Waals surface area (Å²) in [5.74, 6) is -0.511. The highest BCUT2D eigenvalue weighted by Gasteiger charge is 2.31. The Morgan fingerprint density at radius 2 is 1.55 bits per heavy atom. The second kappa shape index (κ2) is 9.37. The number of alkyl halides is 3. The van der Waals surface area contributed by atoms with E-state index in [1.165, 1.54) is 40.7 Å². The van der Waals surface area contributed by atoms with Gasteiger partial charge in [0.05, 0.1) is 22.6 Å². The van der Waals surface area contributed by atoms with Gasteiger partial charge in [0, 0.05) is 32.7 Å². The largest absolute Gasteiger partial charge is 0.462 e. The second-order valence-electron chi connectivity index (χ2n) is 7.12. The molecule has 0 aliphatic carbocycles. The van der Waals surface area contributed by atoms with Gasteiger partial charge >= 0.3 is 12.1 Å². The van der Waals surface area contributed by atoms with E-state index < -0.39 is 27.7 Å². The summed E-state index contributed by atoms with van der Waals surface area (Å²) in [5, 5.41) is 0. The minimum atomic E-state index is -4.37. The van der Waals surface area contributed by atoms with Crippen LogP contribution < -0.4 is 0 Å². The van der Waals surface area contributed by atoms with Crippen molar-refractivity contribution < 1.29 is 31.1 Å². The Morgan fingerprint density at radius 3 is 2.06 bits per heavy atom. The summed E-state index contributed by atoms with van der Waals surface area (Å²) in [6, 6.07) is 10.6. The molecule has 1 fully saturated rings. The van der Waals surface area contributed by atoms with Crippen LogP contribution in [0, 0.1) is 0 Å². The summed E-state index contributed by atoms with van der Waals surface area (Å²) >= 11 is 0. The van der Waals surface area contributed by atoms with Crippen LogP contribution in [-0.2, 0) is 27.5 Å². The first-order valence-corrected chi connectivity index (χ1v) is 11.2. The number of hydrogen-bond donors (Lipinski definition) is 0. The Kier molecular flexibility index (Phi) is 7.03. The zero-order valence-corrected chi connectivity index (χ0v) is 17.7. The van der Waals surface area contributed by atoms with Gasteiger partial charge in [0.15, 0.2) is 0 Å². The van der Waals surface area contributed by atoms with Gasteiger partial charge in [0.1, 0.15) is 0 Å². The molecule has 0 unspecified atom stereocenters. The molecule has 0 saturated carbocycles. The molecule has 2 aromatic rings. The van der Waals surface area contributed by atoms with E-state index in [1.54, 1.807) is 6.92 Å². The van der Waals surface area contributed by atoms with Gasteiger partial charge in [-0.05, 0) is 48.9 Å². The van der Waals surface area contributed by atoms with E-state index >= 15 is 0 Å². The number of sulfonamides is 1. The minimum Gasteiger partial charge on any atom is -0.462 e.